The zero-order valence-corrected chi connectivity index (χ0v) is 16.6. The zero-order chi connectivity index (χ0) is 21.8. The van der Waals surface area contributed by atoms with Crippen LogP contribution in [0.4, 0.5) is 5.69 Å². The van der Waals surface area contributed by atoms with Gasteiger partial charge in [-0.15, -0.1) is 0 Å². The number of Topliss-reactive ketones (excluding diaryl/α,β-unsaturated/α-hetero) is 1. The monoisotopic (exact) mass is 407 g/mol. The van der Waals surface area contributed by atoms with Gasteiger partial charge in [-0.05, 0) is 36.4 Å². The summed E-state index contributed by atoms with van der Waals surface area (Å²) in [5.74, 6) is 5.26. The van der Waals surface area contributed by atoms with Crippen LogP contribution in [0.5, 0.6) is 0 Å². The summed E-state index contributed by atoms with van der Waals surface area (Å²) in [6.45, 7) is 0. The van der Waals surface area contributed by atoms with Crippen molar-refractivity contribution in [2.75, 3.05) is 12.4 Å². The quantitative estimate of drug-likeness (QED) is 0.519. The molecule has 0 atom stereocenters. The van der Waals surface area contributed by atoms with Crippen molar-refractivity contribution in [3.8, 4) is 11.8 Å². The molecule has 4 rings (SSSR count). The van der Waals surface area contributed by atoms with Crippen LogP contribution < -0.4 is 5.32 Å². The van der Waals surface area contributed by atoms with Crippen molar-refractivity contribution in [1.82, 2.24) is 0 Å². The van der Waals surface area contributed by atoms with Crippen molar-refractivity contribution in [1.29, 1.82) is 0 Å². The molecule has 3 aromatic carbocycles. The van der Waals surface area contributed by atoms with Crippen LogP contribution in [0, 0.1) is 11.8 Å². The molecule has 1 N–H and O–H groups in total. The summed E-state index contributed by atoms with van der Waals surface area (Å²) in [5, 5.41) is 3.07. The average molecular weight is 407 g/mol. The largest absolute Gasteiger partial charge is 0.465 e. The zero-order valence-electron chi connectivity index (χ0n) is 16.6. The second-order valence-electron chi connectivity index (χ2n) is 6.79. The van der Waals surface area contributed by atoms with Crippen LogP contribution in [-0.4, -0.2) is 24.6 Å². The topological polar surface area (TPSA) is 72.5 Å². The number of para-hydroxylation sites is 1. The highest BCUT2D eigenvalue weighted by molar-refractivity contribution is 6.25. The number of rotatable bonds is 3. The molecule has 0 heterocycles. The lowest BCUT2D eigenvalue weighted by atomic mass is 9.92. The van der Waals surface area contributed by atoms with Crippen molar-refractivity contribution in [2.24, 2.45) is 0 Å². The van der Waals surface area contributed by atoms with Crippen LogP contribution in [0.25, 0.3) is 0 Å². The van der Waals surface area contributed by atoms with Crippen molar-refractivity contribution in [2.45, 2.75) is 0 Å². The van der Waals surface area contributed by atoms with Gasteiger partial charge in [-0.2, -0.15) is 0 Å². The molecule has 0 amide bonds. The molecule has 5 nitrogen and oxygen atoms in total. The average Bonchev–Trinajstić information content (AvgIpc) is 2.81. The highest BCUT2D eigenvalue weighted by atomic mass is 16.5. The molecular weight excluding hydrogens is 390 g/mol. The normalized spacial score (nSPS) is 12.2. The maximum absolute atomic E-state index is 12.8. The first-order chi connectivity index (χ1) is 15.1. The Morgan fingerprint density at radius 3 is 2.26 bits per heavy atom. The second kappa shape index (κ2) is 8.52. The molecule has 1 aliphatic rings. The van der Waals surface area contributed by atoms with Crippen molar-refractivity contribution >= 4 is 23.2 Å². The number of methoxy groups -OCH3 is 1. The predicted molar refractivity (Wildman–Crippen MR) is 117 cm³/mol. The first-order valence-corrected chi connectivity index (χ1v) is 9.53. The van der Waals surface area contributed by atoms with E-state index in [9.17, 15) is 14.4 Å². The molecular formula is C26H17NO4. The number of allylic oxidation sites excluding steroid dienone is 2. The van der Waals surface area contributed by atoms with E-state index in [0.717, 1.165) is 5.56 Å². The summed E-state index contributed by atoms with van der Waals surface area (Å²) in [4.78, 5) is 36.7. The van der Waals surface area contributed by atoms with Crippen LogP contribution >= 0.6 is 0 Å². The molecule has 0 fully saturated rings. The first-order valence-electron chi connectivity index (χ1n) is 9.53. The summed E-state index contributed by atoms with van der Waals surface area (Å²) < 4.78 is 4.69. The van der Waals surface area contributed by atoms with E-state index in [1.54, 1.807) is 54.6 Å². The minimum atomic E-state index is -0.407. The maximum Gasteiger partial charge on any atom is 0.337 e. The minimum absolute atomic E-state index is 0.209. The fraction of sp³-hybridized carbons (Fsp3) is 0.0385. The van der Waals surface area contributed by atoms with Gasteiger partial charge in [0.2, 0.25) is 5.78 Å². The Morgan fingerprint density at radius 1 is 0.839 bits per heavy atom. The number of anilines is 1. The molecule has 31 heavy (non-hydrogen) atoms. The molecule has 0 bridgehead atoms. The van der Waals surface area contributed by atoms with E-state index in [2.05, 4.69) is 17.2 Å². The molecule has 0 aliphatic heterocycles. The third-order valence-corrected chi connectivity index (χ3v) is 4.80. The Kier molecular flexibility index (Phi) is 5.46. The van der Waals surface area contributed by atoms with Crippen LogP contribution in [0.15, 0.2) is 84.6 Å². The van der Waals surface area contributed by atoms with Gasteiger partial charge in [0.15, 0.2) is 5.78 Å². The van der Waals surface area contributed by atoms with Crippen LogP contribution in [0.2, 0.25) is 0 Å². The lowest BCUT2D eigenvalue weighted by Crippen LogP contribution is -2.21. The number of esters is 1. The molecule has 0 unspecified atom stereocenters. The molecule has 5 heteroatoms. The van der Waals surface area contributed by atoms with Gasteiger partial charge in [-0.1, -0.05) is 48.2 Å². The second-order valence-corrected chi connectivity index (χ2v) is 6.79. The molecule has 0 saturated carbocycles. The molecule has 0 spiro atoms. The SMILES string of the molecule is COC(=O)c1ccc(C#Cc2ccccc2NC2=CC(=O)c3ccccc3C2=O)cc1. The van der Waals surface area contributed by atoms with E-state index < -0.39 is 5.97 Å². The van der Waals surface area contributed by atoms with Crippen molar-refractivity contribution in [3.05, 3.63) is 112 Å². The Labute approximate surface area is 179 Å². The summed E-state index contributed by atoms with van der Waals surface area (Å²) in [7, 11) is 1.33. The lowest BCUT2D eigenvalue weighted by Gasteiger charge is -2.17. The van der Waals surface area contributed by atoms with E-state index in [-0.39, 0.29) is 17.3 Å². The smallest absolute Gasteiger partial charge is 0.337 e. The van der Waals surface area contributed by atoms with Crippen LogP contribution in [0.3, 0.4) is 0 Å². The number of hydrogen-bond acceptors (Lipinski definition) is 5. The van der Waals surface area contributed by atoms with Gasteiger partial charge in [-0.25, -0.2) is 4.79 Å². The molecule has 3 aromatic rings. The number of fused-ring (bicyclic) bond motifs is 1. The number of carbonyl (C=O) groups is 3. The van der Waals surface area contributed by atoms with Crippen molar-refractivity contribution < 1.29 is 19.1 Å². The predicted octanol–water partition coefficient (Wildman–Crippen LogP) is 4.25. The van der Waals surface area contributed by atoms with E-state index >= 15 is 0 Å². The fourth-order valence-electron chi connectivity index (χ4n) is 3.20. The summed E-state index contributed by atoms with van der Waals surface area (Å²) in [6, 6.07) is 20.8. The number of benzene rings is 3. The van der Waals surface area contributed by atoms with Crippen LogP contribution in [0.1, 0.15) is 42.2 Å². The van der Waals surface area contributed by atoms with E-state index in [1.165, 1.54) is 13.2 Å². The fourth-order valence-corrected chi connectivity index (χ4v) is 3.20. The van der Waals surface area contributed by atoms with Crippen molar-refractivity contribution in [3.63, 3.8) is 0 Å². The number of ether oxygens (including phenoxy) is 1. The van der Waals surface area contributed by atoms with Gasteiger partial charge >= 0.3 is 5.97 Å². The van der Waals surface area contributed by atoms with Gasteiger partial charge in [-0.3, -0.25) is 9.59 Å². The van der Waals surface area contributed by atoms with Crippen LogP contribution in [-0.2, 0) is 4.74 Å². The molecule has 1 aliphatic carbocycles. The third kappa shape index (κ3) is 4.14. The Balaban J connectivity index is 1.60. The highest BCUT2D eigenvalue weighted by Gasteiger charge is 2.25. The number of hydrogen-bond donors (Lipinski definition) is 1. The standard InChI is InChI=1S/C26H17NO4/c1-31-26(30)19-14-11-17(12-15-19)10-13-18-6-2-5-9-22(18)27-23-16-24(28)20-7-3-4-8-21(20)25(23)29/h2-9,11-12,14-16,27H,1H3. The summed E-state index contributed by atoms with van der Waals surface area (Å²) in [5.41, 5.74) is 3.45. The summed E-state index contributed by atoms with van der Waals surface area (Å²) in [6.07, 6.45) is 1.32. The number of ketones is 2. The van der Waals surface area contributed by atoms with Gasteiger partial charge in [0.25, 0.3) is 0 Å². The Morgan fingerprint density at radius 2 is 1.52 bits per heavy atom. The molecule has 0 aromatic heterocycles. The van der Waals surface area contributed by atoms with E-state index in [1.807, 2.05) is 18.2 Å². The van der Waals surface area contributed by atoms with Gasteiger partial charge < -0.3 is 10.1 Å². The lowest BCUT2D eigenvalue weighted by molar-refractivity contribution is 0.0600. The Hall–Kier alpha value is -4.43. The van der Waals surface area contributed by atoms with E-state index in [0.29, 0.717) is 27.9 Å². The van der Waals surface area contributed by atoms with E-state index in [4.69, 9.17) is 4.74 Å². The van der Waals surface area contributed by atoms with Gasteiger partial charge in [0.05, 0.1) is 24.1 Å². The summed E-state index contributed by atoms with van der Waals surface area (Å²) >= 11 is 0. The van der Waals surface area contributed by atoms with Gasteiger partial charge in [0.1, 0.15) is 0 Å². The number of carbonyl (C=O) groups excluding carboxylic acids is 3. The van der Waals surface area contributed by atoms with Gasteiger partial charge in [0, 0.05) is 28.3 Å². The first kappa shape index (κ1) is 19.9. The highest BCUT2D eigenvalue weighted by Crippen LogP contribution is 2.24. The Bertz CT molecular complexity index is 1290. The minimum Gasteiger partial charge on any atom is -0.465 e. The molecule has 0 radical (unpaired) electrons. The molecule has 150 valence electrons. The molecule has 0 saturated heterocycles. The third-order valence-electron chi connectivity index (χ3n) is 4.80. The maximum atomic E-state index is 12.8. The number of nitrogens with one attached hydrogen (secondary N) is 1.